The van der Waals surface area contributed by atoms with Gasteiger partial charge in [0.15, 0.2) is 23.8 Å². The summed E-state index contributed by atoms with van der Waals surface area (Å²) in [5.74, 6) is -1.06. The van der Waals surface area contributed by atoms with Crippen LogP contribution in [0.15, 0.2) is 76.5 Å². The van der Waals surface area contributed by atoms with Gasteiger partial charge in [-0.25, -0.2) is 8.42 Å². The number of amides is 2. The van der Waals surface area contributed by atoms with Crippen molar-refractivity contribution >= 4 is 52.2 Å². The molecule has 3 aromatic carbocycles. The summed E-state index contributed by atoms with van der Waals surface area (Å²) in [6, 6.07) is 17.7. The van der Waals surface area contributed by atoms with E-state index in [1.807, 2.05) is 42.7 Å². The van der Waals surface area contributed by atoms with Crippen LogP contribution < -0.4 is 20.3 Å². The molecule has 3 aromatic rings. The molecule has 4 rings (SSSR count). The van der Waals surface area contributed by atoms with Gasteiger partial charge in [-0.3, -0.25) is 14.2 Å². The molecule has 0 aromatic heterocycles. The lowest BCUT2D eigenvalue weighted by Gasteiger charge is -2.37. The fraction of sp³-hybridized carbons (Fsp3) is 0.459. The van der Waals surface area contributed by atoms with Crippen LogP contribution in [0.3, 0.4) is 0 Å². The van der Waals surface area contributed by atoms with E-state index < -0.39 is 47.1 Å². The summed E-state index contributed by atoms with van der Waals surface area (Å²) in [5, 5.41) is 15.0. The molecule has 1 aliphatic heterocycles. The number of benzene rings is 3. The lowest BCUT2D eigenvalue weighted by atomic mass is 9.79. The highest BCUT2D eigenvalue weighted by atomic mass is 32.2. The predicted octanol–water partition coefficient (Wildman–Crippen LogP) is 6.66. The molecular formula is C37H50N3O8PS2. The number of sulfone groups is 1. The van der Waals surface area contributed by atoms with E-state index in [9.17, 15) is 32.6 Å². The van der Waals surface area contributed by atoms with Crippen molar-refractivity contribution in [3.05, 3.63) is 72.3 Å². The molecule has 2 amide bonds. The van der Waals surface area contributed by atoms with Gasteiger partial charge in [0.2, 0.25) is 5.91 Å². The molecule has 0 aliphatic carbocycles. The van der Waals surface area contributed by atoms with Crippen LogP contribution in [0.5, 0.6) is 11.5 Å². The van der Waals surface area contributed by atoms with Crippen molar-refractivity contribution in [1.82, 2.24) is 10.6 Å². The molecule has 0 radical (unpaired) electrons. The van der Waals surface area contributed by atoms with Gasteiger partial charge in [-0.2, -0.15) is 0 Å². The Morgan fingerprint density at radius 1 is 1.04 bits per heavy atom. The smallest absolute Gasteiger partial charge is 0.258 e. The standard InChI is InChI=1S/C37H50N3O8PS2/c1-5-7-18-37(19-8-6-2)25-40(28-12-10-9-11-13-28)30-22-32(50-4)31(23-33(30)51(46,47)26-37)48-24-34(42)39-35(27-14-16-29(41)17-15-27)36(43)38-20-21-49(3,44)45/h9-17,22-23,35,41H,5-8,18-21,24-26H2,1-4H3,(H,38,43)(H,39,42)(H,44,45)/t35-/m1/s1. The van der Waals surface area contributed by atoms with E-state index in [-0.39, 0.29) is 34.9 Å². The van der Waals surface area contributed by atoms with Crippen LogP contribution in [0.25, 0.3) is 0 Å². The summed E-state index contributed by atoms with van der Waals surface area (Å²) in [7, 11) is -7.18. The Labute approximate surface area is 305 Å². The summed E-state index contributed by atoms with van der Waals surface area (Å²) in [4.78, 5) is 39.0. The Morgan fingerprint density at radius 2 is 1.69 bits per heavy atom. The number of hydrogen-bond acceptors (Lipinski definition) is 9. The number of aromatic hydroxyl groups is 1. The third kappa shape index (κ3) is 11.0. The lowest BCUT2D eigenvalue weighted by Crippen LogP contribution is -2.42. The van der Waals surface area contributed by atoms with Gasteiger partial charge < -0.3 is 30.3 Å². The Bertz CT molecular complexity index is 1790. The quantitative estimate of drug-likeness (QED) is 0.0865. The average Bonchev–Trinajstić information content (AvgIpc) is 3.19. The molecule has 1 heterocycles. The summed E-state index contributed by atoms with van der Waals surface area (Å²) < 4.78 is 46.5. The molecule has 11 nitrogen and oxygen atoms in total. The Balaban J connectivity index is 1.66. The van der Waals surface area contributed by atoms with Crippen molar-refractivity contribution in [3.63, 3.8) is 0 Å². The van der Waals surface area contributed by atoms with E-state index in [2.05, 4.69) is 29.4 Å². The van der Waals surface area contributed by atoms with E-state index in [1.165, 1.54) is 48.8 Å². The van der Waals surface area contributed by atoms with Crippen LogP contribution in [0.4, 0.5) is 11.4 Å². The van der Waals surface area contributed by atoms with Crippen molar-refractivity contribution < 1.29 is 37.3 Å². The number of nitrogens with one attached hydrogen (secondary N) is 2. The molecule has 0 fully saturated rings. The number of rotatable bonds is 17. The number of fused-ring (bicyclic) bond motifs is 1. The van der Waals surface area contributed by atoms with Gasteiger partial charge >= 0.3 is 0 Å². The van der Waals surface area contributed by atoms with Crippen LogP contribution in [-0.4, -0.2) is 74.8 Å². The second-order valence-corrected chi connectivity index (χ2v) is 18.7. The van der Waals surface area contributed by atoms with Crippen molar-refractivity contribution in [1.29, 1.82) is 0 Å². The SMILES string of the molecule is CCCCC1(CCCC)CN(c2ccccc2)c2cc(SC)c(OCC(=O)N[C@@H](C(=O)NCCP(C)(=O)O)c3ccc(O)cc3)cc2S(=O)(=O)C1. The van der Waals surface area contributed by atoms with Crippen molar-refractivity contribution in [2.75, 3.05) is 49.4 Å². The van der Waals surface area contributed by atoms with Crippen LogP contribution in [-0.2, 0) is 24.0 Å². The summed E-state index contributed by atoms with van der Waals surface area (Å²) in [5.41, 5.74) is 1.38. The number of carbonyl (C=O) groups excluding carboxylic acids is 2. The molecule has 51 heavy (non-hydrogen) atoms. The molecule has 1 unspecified atom stereocenters. The van der Waals surface area contributed by atoms with Crippen molar-refractivity contribution in [2.24, 2.45) is 5.41 Å². The number of thioether (sulfide) groups is 1. The zero-order chi connectivity index (χ0) is 37.2. The number of unbranched alkanes of at least 4 members (excludes halogenated alkanes) is 2. The number of phenolic OH excluding ortho intramolecular Hbond substituents is 1. The number of phenols is 1. The zero-order valence-electron chi connectivity index (χ0n) is 29.8. The second kappa shape index (κ2) is 17.8. The highest BCUT2D eigenvalue weighted by Gasteiger charge is 2.42. The Morgan fingerprint density at radius 3 is 2.27 bits per heavy atom. The van der Waals surface area contributed by atoms with Gasteiger partial charge in [0.1, 0.15) is 17.5 Å². The first-order chi connectivity index (χ1) is 24.2. The average molecular weight is 760 g/mol. The zero-order valence-corrected chi connectivity index (χ0v) is 32.3. The molecule has 14 heteroatoms. The molecule has 2 atom stereocenters. The fourth-order valence-electron chi connectivity index (χ4n) is 6.38. The molecule has 4 N–H and O–H groups in total. The number of anilines is 2. The van der Waals surface area contributed by atoms with E-state index >= 15 is 0 Å². The van der Waals surface area contributed by atoms with E-state index in [1.54, 1.807) is 0 Å². The Kier molecular flexibility index (Phi) is 14.1. The van der Waals surface area contributed by atoms with Crippen LogP contribution in [0.1, 0.15) is 64.0 Å². The molecule has 1 aliphatic rings. The normalized spacial score (nSPS) is 16.6. The molecule has 0 saturated carbocycles. The largest absolute Gasteiger partial charge is 0.508 e. The highest BCUT2D eigenvalue weighted by Crippen LogP contribution is 2.47. The minimum atomic E-state index is -3.81. The van der Waals surface area contributed by atoms with E-state index in [4.69, 9.17) is 4.74 Å². The Hall–Kier alpha value is -3.51. The third-order valence-corrected chi connectivity index (χ3v) is 12.8. The first-order valence-electron chi connectivity index (χ1n) is 17.3. The number of para-hydroxylation sites is 1. The molecular weight excluding hydrogens is 710 g/mol. The van der Waals surface area contributed by atoms with Crippen LogP contribution in [0.2, 0.25) is 0 Å². The maximum absolute atomic E-state index is 14.4. The number of carbonyl (C=O) groups is 2. The minimum absolute atomic E-state index is 0.00205. The number of ether oxygens (including phenoxy) is 1. The van der Waals surface area contributed by atoms with Crippen LogP contribution >= 0.6 is 19.1 Å². The second-order valence-electron chi connectivity index (χ2n) is 13.3. The van der Waals surface area contributed by atoms with Gasteiger partial charge in [0.25, 0.3) is 5.91 Å². The summed E-state index contributed by atoms with van der Waals surface area (Å²) >= 11 is 1.37. The van der Waals surface area contributed by atoms with Crippen molar-refractivity contribution in [3.8, 4) is 11.5 Å². The fourth-order valence-corrected chi connectivity index (χ4v) is 9.57. The maximum atomic E-state index is 14.4. The third-order valence-electron chi connectivity index (χ3n) is 9.03. The maximum Gasteiger partial charge on any atom is 0.258 e. The van der Waals surface area contributed by atoms with Gasteiger partial charge in [-0.05, 0) is 55.0 Å². The highest BCUT2D eigenvalue weighted by molar-refractivity contribution is 7.98. The first-order valence-corrected chi connectivity index (χ1v) is 22.4. The van der Waals surface area contributed by atoms with E-state index in [0.29, 0.717) is 22.7 Å². The lowest BCUT2D eigenvalue weighted by molar-refractivity contribution is -0.130. The molecule has 0 spiro atoms. The summed E-state index contributed by atoms with van der Waals surface area (Å²) in [6.07, 6.45) is 7.04. The van der Waals surface area contributed by atoms with Gasteiger partial charge in [0, 0.05) is 43.1 Å². The number of nitrogens with zero attached hydrogens (tertiary/aromatic N) is 1. The predicted molar refractivity (Wildman–Crippen MR) is 203 cm³/mol. The van der Waals surface area contributed by atoms with E-state index in [0.717, 1.165) is 44.2 Å². The molecule has 0 bridgehead atoms. The van der Waals surface area contributed by atoms with Gasteiger partial charge in [-0.1, -0.05) is 69.9 Å². The monoisotopic (exact) mass is 759 g/mol. The van der Waals surface area contributed by atoms with Crippen LogP contribution in [0, 0.1) is 5.41 Å². The van der Waals surface area contributed by atoms with Gasteiger partial charge in [-0.15, -0.1) is 11.8 Å². The van der Waals surface area contributed by atoms with Crippen molar-refractivity contribution in [2.45, 2.75) is 68.2 Å². The molecule has 0 saturated heterocycles. The van der Waals surface area contributed by atoms with Gasteiger partial charge in [0.05, 0.1) is 21.2 Å². The first kappa shape index (κ1) is 40.3. The minimum Gasteiger partial charge on any atom is -0.508 e. The topological polar surface area (TPSA) is 162 Å². The summed E-state index contributed by atoms with van der Waals surface area (Å²) in [6.45, 7) is 5.38. The number of hydrogen-bond donors (Lipinski definition) is 4. The molecule has 278 valence electrons.